The van der Waals surface area contributed by atoms with Gasteiger partial charge in [-0.1, -0.05) is 59.6 Å². The smallest absolute Gasteiger partial charge is 0.267 e. The summed E-state index contributed by atoms with van der Waals surface area (Å²) in [5.74, 6) is -0.292. The minimum atomic E-state index is -0.348. The summed E-state index contributed by atoms with van der Waals surface area (Å²) < 4.78 is 1.19. The van der Waals surface area contributed by atoms with Crippen LogP contribution in [0.2, 0.25) is 5.02 Å². The number of carbonyl (C=O) groups excluding carboxylic acids is 1. The number of rotatable bonds is 5. The fourth-order valence-electron chi connectivity index (χ4n) is 3.92. The molecule has 0 bridgehead atoms. The normalized spacial score (nSPS) is 15.4. The standard InChI is InChI=1S/C26H21ClN4O2S/c1-17-4-6-19(7-5-17)23-15-22(24-3-2-14-34-24)29-31(23)26(33)16-30-25(32)13-12-21(28-30)18-8-10-20(27)11-9-18/h2-14,23H,15-16H2,1H3. The third-order valence-electron chi connectivity index (χ3n) is 5.73. The average molecular weight is 489 g/mol. The van der Waals surface area contributed by atoms with Crippen LogP contribution in [-0.2, 0) is 11.3 Å². The third-order valence-corrected chi connectivity index (χ3v) is 6.90. The molecule has 2 aromatic carbocycles. The highest BCUT2D eigenvalue weighted by Gasteiger charge is 2.33. The Morgan fingerprint density at radius 2 is 1.82 bits per heavy atom. The Bertz CT molecular complexity index is 1410. The molecule has 3 heterocycles. The predicted octanol–water partition coefficient (Wildman–Crippen LogP) is 5.31. The lowest BCUT2D eigenvalue weighted by Gasteiger charge is -2.22. The lowest BCUT2D eigenvalue weighted by atomic mass is 10.00. The summed E-state index contributed by atoms with van der Waals surface area (Å²) in [4.78, 5) is 27.0. The zero-order chi connectivity index (χ0) is 23.7. The molecule has 0 saturated carbocycles. The van der Waals surface area contributed by atoms with E-state index in [1.54, 1.807) is 29.5 Å². The van der Waals surface area contributed by atoms with Gasteiger partial charge in [-0.3, -0.25) is 9.59 Å². The second kappa shape index (κ2) is 9.37. The van der Waals surface area contributed by atoms with Gasteiger partial charge in [-0.2, -0.15) is 10.2 Å². The van der Waals surface area contributed by atoms with Crippen LogP contribution in [0.25, 0.3) is 11.3 Å². The van der Waals surface area contributed by atoms with Gasteiger partial charge < -0.3 is 0 Å². The zero-order valence-electron chi connectivity index (χ0n) is 18.4. The second-order valence-electron chi connectivity index (χ2n) is 8.11. The Labute approximate surface area is 205 Å². The van der Waals surface area contributed by atoms with E-state index in [1.165, 1.54) is 15.8 Å². The van der Waals surface area contributed by atoms with Crippen LogP contribution < -0.4 is 5.56 Å². The van der Waals surface area contributed by atoms with Gasteiger partial charge in [0.05, 0.1) is 22.3 Å². The number of hydrazone groups is 1. The van der Waals surface area contributed by atoms with Crippen molar-refractivity contribution >= 4 is 34.6 Å². The fourth-order valence-corrected chi connectivity index (χ4v) is 4.76. The average Bonchev–Trinajstić information content (AvgIpc) is 3.52. The minimum Gasteiger partial charge on any atom is -0.271 e. The van der Waals surface area contributed by atoms with Crippen LogP contribution in [0.3, 0.4) is 0 Å². The van der Waals surface area contributed by atoms with Crippen LogP contribution in [0.4, 0.5) is 0 Å². The van der Waals surface area contributed by atoms with Crippen molar-refractivity contribution in [3.63, 3.8) is 0 Å². The van der Waals surface area contributed by atoms with Gasteiger partial charge in [-0.15, -0.1) is 11.3 Å². The number of aryl methyl sites for hydroxylation is 1. The Hall–Kier alpha value is -3.55. The van der Waals surface area contributed by atoms with Gasteiger partial charge in [0.15, 0.2) is 0 Å². The van der Waals surface area contributed by atoms with Crippen LogP contribution in [0.15, 0.2) is 88.1 Å². The largest absolute Gasteiger partial charge is 0.271 e. The monoisotopic (exact) mass is 488 g/mol. The van der Waals surface area contributed by atoms with Crippen molar-refractivity contribution in [3.8, 4) is 11.3 Å². The lowest BCUT2D eigenvalue weighted by Crippen LogP contribution is -2.34. The van der Waals surface area contributed by atoms with E-state index in [-0.39, 0.29) is 24.1 Å². The van der Waals surface area contributed by atoms with Crippen molar-refractivity contribution in [2.75, 3.05) is 0 Å². The highest BCUT2D eigenvalue weighted by molar-refractivity contribution is 7.12. The van der Waals surface area contributed by atoms with Crippen molar-refractivity contribution in [1.29, 1.82) is 0 Å². The van der Waals surface area contributed by atoms with Gasteiger partial charge in [-0.05, 0) is 42.1 Å². The zero-order valence-corrected chi connectivity index (χ0v) is 20.0. The third kappa shape index (κ3) is 4.58. The number of carbonyl (C=O) groups is 1. The highest BCUT2D eigenvalue weighted by atomic mass is 35.5. The molecule has 0 N–H and O–H groups in total. The first kappa shape index (κ1) is 22.3. The van der Waals surface area contributed by atoms with Crippen molar-refractivity contribution in [3.05, 3.63) is 110 Å². The SMILES string of the molecule is Cc1ccc(C2CC(c3cccs3)=NN2C(=O)Cn2nc(-c3ccc(Cl)cc3)ccc2=O)cc1. The van der Waals surface area contributed by atoms with Crippen LogP contribution in [-0.4, -0.2) is 26.4 Å². The van der Waals surface area contributed by atoms with E-state index >= 15 is 0 Å². The van der Waals surface area contributed by atoms with Crippen LogP contribution in [0.5, 0.6) is 0 Å². The summed E-state index contributed by atoms with van der Waals surface area (Å²) >= 11 is 7.58. The van der Waals surface area contributed by atoms with Gasteiger partial charge in [0.1, 0.15) is 6.54 Å². The number of hydrogen-bond acceptors (Lipinski definition) is 5. The highest BCUT2D eigenvalue weighted by Crippen LogP contribution is 2.34. The maximum absolute atomic E-state index is 13.4. The number of benzene rings is 2. The van der Waals surface area contributed by atoms with Crippen molar-refractivity contribution in [2.45, 2.75) is 25.9 Å². The molecular weight excluding hydrogens is 468 g/mol. The minimum absolute atomic E-state index is 0.205. The maximum Gasteiger partial charge on any atom is 0.267 e. The van der Waals surface area contributed by atoms with E-state index < -0.39 is 0 Å². The van der Waals surface area contributed by atoms with E-state index in [0.29, 0.717) is 17.1 Å². The van der Waals surface area contributed by atoms with Gasteiger partial charge in [0.25, 0.3) is 11.5 Å². The molecule has 0 fully saturated rings. The van der Waals surface area contributed by atoms with Crippen molar-refractivity contribution in [1.82, 2.24) is 14.8 Å². The molecule has 34 heavy (non-hydrogen) atoms. The number of thiophene rings is 1. The summed E-state index contributed by atoms with van der Waals surface area (Å²) in [5.41, 5.74) is 4.06. The molecule has 1 amide bonds. The molecule has 4 aromatic rings. The molecule has 0 radical (unpaired) electrons. The van der Waals surface area contributed by atoms with Gasteiger partial charge in [0.2, 0.25) is 0 Å². The maximum atomic E-state index is 13.4. The van der Waals surface area contributed by atoms with E-state index in [0.717, 1.165) is 27.3 Å². The first-order valence-electron chi connectivity index (χ1n) is 10.8. The molecular formula is C26H21ClN4O2S. The van der Waals surface area contributed by atoms with E-state index in [4.69, 9.17) is 11.6 Å². The molecule has 170 valence electrons. The number of halogens is 1. The van der Waals surface area contributed by atoms with Crippen LogP contribution in [0, 0.1) is 6.92 Å². The van der Waals surface area contributed by atoms with E-state index in [1.807, 2.05) is 60.8 Å². The molecule has 2 aromatic heterocycles. The van der Waals surface area contributed by atoms with Crippen molar-refractivity contribution < 1.29 is 4.79 Å². The van der Waals surface area contributed by atoms with Crippen LogP contribution >= 0.6 is 22.9 Å². The molecule has 1 atom stereocenters. The predicted molar refractivity (Wildman–Crippen MR) is 135 cm³/mol. The Morgan fingerprint density at radius 3 is 2.53 bits per heavy atom. The fraction of sp³-hybridized carbons (Fsp3) is 0.154. The Balaban J connectivity index is 1.45. The van der Waals surface area contributed by atoms with Crippen molar-refractivity contribution in [2.24, 2.45) is 5.10 Å². The first-order chi connectivity index (χ1) is 16.5. The summed E-state index contributed by atoms with van der Waals surface area (Å²) in [6.07, 6.45) is 0.614. The summed E-state index contributed by atoms with van der Waals surface area (Å²) in [5, 5.41) is 13.2. The summed E-state index contributed by atoms with van der Waals surface area (Å²) in [6, 6.07) is 22.1. The number of hydrogen-bond donors (Lipinski definition) is 0. The number of nitrogens with zero attached hydrogens (tertiary/aromatic N) is 4. The molecule has 1 aliphatic rings. The first-order valence-corrected chi connectivity index (χ1v) is 12.1. The summed E-state index contributed by atoms with van der Waals surface area (Å²) in [7, 11) is 0. The molecule has 6 nitrogen and oxygen atoms in total. The van der Waals surface area contributed by atoms with Gasteiger partial charge in [-0.25, -0.2) is 9.69 Å². The number of aromatic nitrogens is 2. The van der Waals surface area contributed by atoms with Crippen LogP contribution in [0.1, 0.15) is 28.5 Å². The Morgan fingerprint density at radius 1 is 1.06 bits per heavy atom. The molecule has 0 aliphatic carbocycles. The summed E-state index contributed by atoms with van der Waals surface area (Å²) in [6.45, 7) is 1.82. The van der Waals surface area contributed by atoms with E-state index in [2.05, 4.69) is 10.2 Å². The number of amides is 1. The molecule has 0 saturated heterocycles. The van der Waals surface area contributed by atoms with Gasteiger partial charge >= 0.3 is 0 Å². The lowest BCUT2D eigenvalue weighted by molar-refractivity contribution is -0.133. The molecule has 1 unspecified atom stereocenters. The van der Waals surface area contributed by atoms with Gasteiger partial charge in [0, 0.05) is 23.1 Å². The molecule has 0 spiro atoms. The second-order valence-corrected chi connectivity index (χ2v) is 9.50. The molecule has 5 rings (SSSR count). The Kier molecular flexibility index (Phi) is 6.13. The quantitative estimate of drug-likeness (QED) is 0.382. The van der Waals surface area contributed by atoms with E-state index in [9.17, 15) is 9.59 Å². The molecule has 8 heteroatoms. The molecule has 1 aliphatic heterocycles. The topological polar surface area (TPSA) is 67.6 Å².